The van der Waals surface area contributed by atoms with Crippen molar-refractivity contribution in [3.05, 3.63) is 0 Å². The zero-order chi connectivity index (χ0) is 12.0. The highest BCUT2D eigenvalue weighted by Gasteiger charge is 2.54. The van der Waals surface area contributed by atoms with Crippen molar-refractivity contribution in [2.45, 2.75) is 44.8 Å². The quantitative estimate of drug-likeness (QED) is 0.716. The van der Waals surface area contributed by atoms with Gasteiger partial charge in [0.2, 0.25) is 5.91 Å². The van der Waals surface area contributed by atoms with Gasteiger partial charge in [-0.25, -0.2) is 0 Å². The van der Waals surface area contributed by atoms with Gasteiger partial charge < -0.3 is 15.8 Å². The minimum atomic E-state index is -0.569. The zero-order valence-electron chi connectivity index (χ0n) is 9.71. The summed E-state index contributed by atoms with van der Waals surface area (Å²) in [6.45, 7) is 4.68. The van der Waals surface area contributed by atoms with Gasteiger partial charge in [-0.05, 0) is 33.1 Å². The summed E-state index contributed by atoms with van der Waals surface area (Å²) in [7, 11) is 0. The summed E-state index contributed by atoms with van der Waals surface area (Å²) in [6.07, 6.45) is 2.44. The lowest BCUT2D eigenvalue weighted by Crippen LogP contribution is -2.54. The molecule has 1 heterocycles. The number of carbonyl (C=O) groups excluding carboxylic acids is 1. The van der Waals surface area contributed by atoms with E-state index in [4.69, 9.17) is 22.7 Å². The summed E-state index contributed by atoms with van der Waals surface area (Å²) in [5.74, 6) is -0.0279. The summed E-state index contributed by atoms with van der Waals surface area (Å²) in [4.78, 5) is 12.5. The molecule has 0 aromatic rings. The molecule has 3 N–H and O–H groups in total. The van der Waals surface area contributed by atoms with Crippen LogP contribution in [0.15, 0.2) is 0 Å². The Morgan fingerprint density at radius 1 is 1.50 bits per heavy atom. The van der Waals surface area contributed by atoms with Gasteiger partial charge in [-0.1, -0.05) is 12.2 Å². The van der Waals surface area contributed by atoms with Crippen LogP contribution < -0.4 is 11.1 Å². The number of hydrogen-bond acceptors (Lipinski definition) is 3. The van der Waals surface area contributed by atoms with Gasteiger partial charge in [0.15, 0.2) is 0 Å². The van der Waals surface area contributed by atoms with Crippen LogP contribution in [0.5, 0.6) is 0 Å². The second kappa shape index (κ2) is 3.67. The molecule has 5 heteroatoms. The van der Waals surface area contributed by atoms with Crippen molar-refractivity contribution in [1.29, 1.82) is 0 Å². The maximum Gasteiger partial charge on any atom is 0.233 e. The number of carbonyl (C=O) groups is 1. The van der Waals surface area contributed by atoms with E-state index in [9.17, 15) is 4.79 Å². The molecule has 0 radical (unpaired) electrons. The smallest absolute Gasteiger partial charge is 0.233 e. The van der Waals surface area contributed by atoms with Crippen LogP contribution in [0.2, 0.25) is 0 Å². The fraction of sp³-hybridized carbons (Fsp3) is 0.818. The maximum atomic E-state index is 12.1. The molecule has 1 saturated heterocycles. The Morgan fingerprint density at radius 2 is 2.12 bits per heavy atom. The van der Waals surface area contributed by atoms with Crippen molar-refractivity contribution in [2.75, 3.05) is 6.61 Å². The number of thiocarbonyl (C=S) groups is 1. The van der Waals surface area contributed by atoms with Crippen LogP contribution in [0.25, 0.3) is 0 Å². The molecule has 0 aromatic carbocycles. The van der Waals surface area contributed by atoms with Gasteiger partial charge in [-0.2, -0.15) is 0 Å². The van der Waals surface area contributed by atoms with Crippen LogP contribution in [-0.4, -0.2) is 29.1 Å². The third kappa shape index (κ3) is 1.72. The third-order valence-electron chi connectivity index (χ3n) is 3.94. The van der Waals surface area contributed by atoms with Crippen molar-refractivity contribution in [3.8, 4) is 0 Å². The molecule has 1 saturated carbocycles. The topological polar surface area (TPSA) is 64.3 Å². The van der Waals surface area contributed by atoms with Gasteiger partial charge >= 0.3 is 0 Å². The van der Waals surface area contributed by atoms with E-state index >= 15 is 0 Å². The molecule has 0 bridgehead atoms. The number of hydrogen-bond donors (Lipinski definition) is 2. The minimum Gasteiger partial charge on any atom is -0.392 e. The van der Waals surface area contributed by atoms with Gasteiger partial charge in [0.1, 0.15) is 0 Å². The van der Waals surface area contributed by atoms with E-state index in [1.807, 2.05) is 13.8 Å². The summed E-state index contributed by atoms with van der Waals surface area (Å²) >= 11 is 4.96. The average molecular weight is 242 g/mol. The highest BCUT2D eigenvalue weighted by Crippen LogP contribution is 2.46. The number of ether oxygens (including phenoxy) is 1. The number of amides is 1. The lowest BCUT2D eigenvalue weighted by atomic mass is 9.93. The van der Waals surface area contributed by atoms with Crippen LogP contribution in [0, 0.1) is 5.41 Å². The lowest BCUT2D eigenvalue weighted by molar-refractivity contribution is -0.126. The Balaban J connectivity index is 2.05. The predicted octanol–water partition coefficient (Wildman–Crippen LogP) is 0.736. The zero-order valence-corrected chi connectivity index (χ0v) is 10.5. The first-order valence-corrected chi connectivity index (χ1v) is 6.06. The van der Waals surface area contributed by atoms with Gasteiger partial charge in [0.05, 0.1) is 22.0 Å². The van der Waals surface area contributed by atoms with Gasteiger partial charge in [0, 0.05) is 6.61 Å². The summed E-state index contributed by atoms with van der Waals surface area (Å²) in [6, 6.07) is 0. The number of nitrogens with one attached hydrogen (secondary N) is 1. The second-order valence-corrected chi connectivity index (χ2v) is 5.52. The van der Waals surface area contributed by atoms with Crippen molar-refractivity contribution >= 4 is 23.1 Å². The van der Waals surface area contributed by atoms with E-state index in [1.165, 1.54) is 0 Å². The fourth-order valence-electron chi connectivity index (χ4n) is 2.09. The SMILES string of the molecule is CC1OCCC1(C)NC(=O)C1(C(N)=S)CC1. The van der Waals surface area contributed by atoms with Crippen LogP contribution in [-0.2, 0) is 9.53 Å². The molecular weight excluding hydrogens is 224 g/mol. The normalized spacial score (nSPS) is 35.8. The van der Waals surface area contributed by atoms with E-state index in [-0.39, 0.29) is 17.6 Å². The Bertz CT molecular complexity index is 341. The molecule has 0 spiro atoms. The average Bonchev–Trinajstić information content (AvgIpc) is 2.92. The molecule has 90 valence electrons. The molecule has 1 aliphatic carbocycles. The molecule has 0 aromatic heterocycles. The fourth-order valence-corrected chi connectivity index (χ4v) is 2.39. The van der Waals surface area contributed by atoms with Gasteiger partial charge in [-0.15, -0.1) is 0 Å². The molecule has 1 aliphatic heterocycles. The maximum absolute atomic E-state index is 12.1. The van der Waals surface area contributed by atoms with Crippen molar-refractivity contribution < 1.29 is 9.53 Å². The Morgan fingerprint density at radius 3 is 2.50 bits per heavy atom. The number of nitrogens with two attached hydrogens (primary N) is 1. The third-order valence-corrected chi connectivity index (χ3v) is 4.33. The molecule has 1 amide bonds. The second-order valence-electron chi connectivity index (χ2n) is 5.08. The van der Waals surface area contributed by atoms with E-state index in [1.54, 1.807) is 0 Å². The molecular formula is C11H18N2O2S. The van der Waals surface area contributed by atoms with E-state index < -0.39 is 5.41 Å². The summed E-state index contributed by atoms with van der Waals surface area (Å²) in [5.41, 5.74) is 4.78. The lowest BCUT2D eigenvalue weighted by Gasteiger charge is -2.30. The van der Waals surface area contributed by atoms with Crippen LogP contribution in [0.1, 0.15) is 33.1 Å². The molecule has 2 atom stereocenters. The van der Waals surface area contributed by atoms with Crippen LogP contribution >= 0.6 is 12.2 Å². The monoisotopic (exact) mass is 242 g/mol. The first kappa shape index (κ1) is 11.8. The molecule has 2 unspecified atom stereocenters. The standard InChI is InChI=1S/C11H18N2O2S/c1-7-10(2,5-6-15-7)13-9(14)11(3-4-11)8(12)16/h7H,3-6H2,1-2H3,(H2,12,16)(H,13,14). The molecule has 2 rings (SSSR count). The van der Waals surface area contributed by atoms with Gasteiger partial charge in [0.25, 0.3) is 0 Å². The Hall–Kier alpha value is -0.680. The highest BCUT2D eigenvalue weighted by molar-refractivity contribution is 7.80. The molecule has 2 fully saturated rings. The molecule has 2 aliphatic rings. The van der Waals surface area contributed by atoms with E-state index in [0.717, 1.165) is 19.3 Å². The Kier molecular flexibility index (Phi) is 2.70. The Labute approximate surface area is 101 Å². The summed E-state index contributed by atoms with van der Waals surface area (Å²) in [5, 5.41) is 3.06. The number of rotatable bonds is 3. The molecule has 4 nitrogen and oxygen atoms in total. The predicted molar refractivity (Wildman–Crippen MR) is 65.0 cm³/mol. The first-order valence-electron chi connectivity index (χ1n) is 5.65. The molecule has 16 heavy (non-hydrogen) atoms. The van der Waals surface area contributed by atoms with Crippen molar-refractivity contribution in [1.82, 2.24) is 5.32 Å². The van der Waals surface area contributed by atoms with Gasteiger partial charge in [-0.3, -0.25) is 4.79 Å². The largest absolute Gasteiger partial charge is 0.392 e. The summed E-state index contributed by atoms with van der Waals surface area (Å²) < 4.78 is 5.48. The highest BCUT2D eigenvalue weighted by atomic mass is 32.1. The van der Waals surface area contributed by atoms with Crippen LogP contribution in [0.4, 0.5) is 0 Å². The first-order chi connectivity index (χ1) is 7.41. The van der Waals surface area contributed by atoms with Crippen molar-refractivity contribution in [2.24, 2.45) is 11.1 Å². The van der Waals surface area contributed by atoms with Crippen molar-refractivity contribution in [3.63, 3.8) is 0 Å². The van der Waals surface area contributed by atoms with E-state index in [2.05, 4.69) is 5.32 Å². The van der Waals surface area contributed by atoms with E-state index in [0.29, 0.717) is 11.6 Å². The van der Waals surface area contributed by atoms with Crippen LogP contribution in [0.3, 0.4) is 0 Å². The minimum absolute atomic E-state index is 0.0279.